The lowest BCUT2D eigenvalue weighted by atomic mass is 10.2. The summed E-state index contributed by atoms with van der Waals surface area (Å²) in [6.45, 7) is 4.27. The second kappa shape index (κ2) is 8.94. The van der Waals surface area contributed by atoms with Crippen molar-refractivity contribution in [2.45, 2.75) is 24.3 Å². The van der Waals surface area contributed by atoms with Crippen LogP contribution in [0.25, 0.3) is 11.4 Å². The van der Waals surface area contributed by atoms with Crippen LogP contribution in [0, 0.1) is 0 Å². The molecule has 0 saturated carbocycles. The average Bonchev–Trinajstić information content (AvgIpc) is 3.05. The van der Waals surface area contributed by atoms with E-state index in [0.29, 0.717) is 28.4 Å². The number of thioether (sulfide) groups is 1. The lowest BCUT2D eigenvalue weighted by molar-refractivity contribution is -0.115. The Labute approximate surface area is 171 Å². The van der Waals surface area contributed by atoms with Gasteiger partial charge in [-0.1, -0.05) is 23.4 Å². The summed E-state index contributed by atoms with van der Waals surface area (Å²) in [5, 5.41) is 11.4. The van der Waals surface area contributed by atoms with Crippen LogP contribution < -0.4 is 15.9 Å². The van der Waals surface area contributed by atoms with E-state index < -0.39 is 5.25 Å². The average molecular weight is 419 g/mol. The van der Waals surface area contributed by atoms with Crippen LogP contribution in [0.4, 0.5) is 5.82 Å². The monoisotopic (exact) mass is 418 g/mol. The molecule has 3 rings (SSSR count). The van der Waals surface area contributed by atoms with E-state index in [1.54, 1.807) is 19.1 Å². The standard InChI is InChI=1S/C18H19ClN6O2S/c1-3-27-14-7-4-12(5-8-14)16-23-24-18(25(16)20)28-11(2)17(26)22-15-9-6-13(19)10-21-15/h4-11H,3,20H2,1-2H3,(H,21,22,26)/t11-/m0/s1. The number of anilines is 1. The first-order chi connectivity index (χ1) is 13.5. The van der Waals surface area contributed by atoms with Gasteiger partial charge in [0.05, 0.1) is 16.9 Å². The van der Waals surface area contributed by atoms with E-state index >= 15 is 0 Å². The molecule has 0 radical (unpaired) electrons. The van der Waals surface area contributed by atoms with Crippen LogP contribution in [0.5, 0.6) is 5.75 Å². The largest absolute Gasteiger partial charge is 0.494 e. The Hall–Kier alpha value is -2.78. The van der Waals surface area contributed by atoms with Gasteiger partial charge < -0.3 is 15.9 Å². The fourth-order valence-corrected chi connectivity index (χ4v) is 3.19. The molecule has 2 heterocycles. The molecule has 146 valence electrons. The molecule has 0 aliphatic carbocycles. The zero-order chi connectivity index (χ0) is 20.1. The Kier molecular flexibility index (Phi) is 6.37. The molecule has 10 heteroatoms. The maximum Gasteiger partial charge on any atom is 0.238 e. The highest BCUT2D eigenvalue weighted by molar-refractivity contribution is 8.00. The van der Waals surface area contributed by atoms with E-state index in [0.717, 1.165) is 11.3 Å². The molecule has 0 saturated heterocycles. The number of ether oxygens (including phenoxy) is 1. The number of amides is 1. The molecule has 3 N–H and O–H groups in total. The fraction of sp³-hybridized carbons (Fsp3) is 0.222. The highest BCUT2D eigenvalue weighted by Gasteiger charge is 2.20. The number of benzene rings is 1. The summed E-state index contributed by atoms with van der Waals surface area (Å²) in [5.74, 6) is 7.59. The molecular formula is C18H19ClN6O2S. The van der Waals surface area contributed by atoms with Gasteiger partial charge in [0.1, 0.15) is 11.6 Å². The van der Waals surface area contributed by atoms with Crippen LogP contribution >= 0.6 is 23.4 Å². The van der Waals surface area contributed by atoms with Crippen LogP contribution in [0.3, 0.4) is 0 Å². The van der Waals surface area contributed by atoms with E-state index in [1.807, 2.05) is 31.2 Å². The fourth-order valence-electron chi connectivity index (χ4n) is 2.31. The minimum Gasteiger partial charge on any atom is -0.494 e. The van der Waals surface area contributed by atoms with Crippen LogP contribution in [0.1, 0.15) is 13.8 Å². The summed E-state index contributed by atoms with van der Waals surface area (Å²) in [7, 11) is 0. The van der Waals surface area contributed by atoms with Gasteiger partial charge in [0.2, 0.25) is 11.1 Å². The predicted octanol–water partition coefficient (Wildman–Crippen LogP) is 3.23. The summed E-state index contributed by atoms with van der Waals surface area (Å²) in [6, 6.07) is 10.7. The number of nitrogens with one attached hydrogen (secondary N) is 1. The van der Waals surface area contributed by atoms with Gasteiger partial charge in [0.25, 0.3) is 0 Å². The summed E-state index contributed by atoms with van der Waals surface area (Å²) >= 11 is 7.00. The molecular weight excluding hydrogens is 400 g/mol. The van der Waals surface area contributed by atoms with Crippen LogP contribution in [-0.4, -0.2) is 37.6 Å². The highest BCUT2D eigenvalue weighted by atomic mass is 35.5. The van der Waals surface area contributed by atoms with Gasteiger partial charge in [-0.2, -0.15) is 0 Å². The first kappa shape index (κ1) is 20.0. The highest BCUT2D eigenvalue weighted by Crippen LogP contribution is 2.26. The lowest BCUT2D eigenvalue weighted by Gasteiger charge is -2.11. The smallest absolute Gasteiger partial charge is 0.238 e. The van der Waals surface area contributed by atoms with Crippen molar-refractivity contribution >= 4 is 35.1 Å². The molecule has 0 aliphatic rings. The molecule has 3 aromatic rings. The van der Waals surface area contributed by atoms with Crippen molar-refractivity contribution in [2.75, 3.05) is 17.8 Å². The molecule has 0 unspecified atom stereocenters. The molecule has 1 atom stereocenters. The summed E-state index contributed by atoms with van der Waals surface area (Å²) < 4.78 is 6.80. The van der Waals surface area contributed by atoms with Crippen molar-refractivity contribution in [1.29, 1.82) is 0 Å². The molecule has 0 fully saturated rings. The van der Waals surface area contributed by atoms with Gasteiger partial charge in [-0.05, 0) is 50.2 Å². The number of carbonyl (C=O) groups is 1. The lowest BCUT2D eigenvalue weighted by Crippen LogP contribution is -2.24. The number of pyridine rings is 1. The van der Waals surface area contributed by atoms with Crippen LogP contribution in [0.15, 0.2) is 47.8 Å². The first-order valence-electron chi connectivity index (χ1n) is 8.50. The third-order valence-electron chi connectivity index (χ3n) is 3.72. The third kappa shape index (κ3) is 4.73. The molecule has 28 heavy (non-hydrogen) atoms. The van der Waals surface area contributed by atoms with Gasteiger partial charge in [-0.3, -0.25) is 4.79 Å². The number of carbonyl (C=O) groups excluding carboxylic acids is 1. The zero-order valence-electron chi connectivity index (χ0n) is 15.3. The number of hydrogen-bond acceptors (Lipinski definition) is 7. The van der Waals surface area contributed by atoms with Crippen molar-refractivity contribution in [3.05, 3.63) is 47.6 Å². The molecule has 1 amide bonds. The number of rotatable bonds is 7. The van der Waals surface area contributed by atoms with E-state index in [1.165, 1.54) is 22.6 Å². The Morgan fingerprint density at radius 3 is 2.68 bits per heavy atom. The van der Waals surface area contributed by atoms with Crippen molar-refractivity contribution < 1.29 is 9.53 Å². The summed E-state index contributed by atoms with van der Waals surface area (Å²) in [6.07, 6.45) is 1.47. The van der Waals surface area contributed by atoms with Gasteiger partial charge in [0.15, 0.2) is 5.82 Å². The predicted molar refractivity (Wildman–Crippen MR) is 110 cm³/mol. The maximum absolute atomic E-state index is 12.4. The number of nitrogen functional groups attached to an aromatic ring is 1. The van der Waals surface area contributed by atoms with Gasteiger partial charge >= 0.3 is 0 Å². The molecule has 2 aromatic heterocycles. The van der Waals surface area contributed by atoms with E-state index in [4.69, 9.17) is 22.2 Å². The Balaban J connectivity index is 1.67. The third-order valence-corrected chi connectivity index (χ3v) is 5.00. The number of aromatic nitrogens is 4. The second-order valence-electron chi connectivity index (χ2n) is 5.74. The van der Waals surface area contributed by atoms with Gasteiger partial charge in [-0.25, -0.2) is 9.66 Å². The van der Waals surface area contributed by atoms with Crippen LogP contribution in [-0.2, 0) is 4.79 Å². The number of nitrogens with two attached hydrogens (primary N) is 1. The number of hydrogen-bond donors (Lipinski definition) is 2. The normalized spacial score (nSPS) is 11.8. The van der Waals surface area contributed by atoms with Crippen molar-refractivity contribution in [3.63, 3.8) is 0 Å². The van der Waals surface area contributed by atoms with Gasteiger partial charge in [-0.15, -0.1) is 10.2 Å². The number of halogens is 1. The Morgan fingerprint density at radius 2 is 2.04 bits per heavy atom. The first-order valence-corrected chi connectivity index (χ1v) is 9.76. The second-order valence-corrected chi connectivity index (χ2v) is 7.49. The van der Waals surface area contributed by atoms with E-state index in [9.17, 15) is 4.79 Å². The minimum atomic E-state index is -0.461. The molecule has 8 nitrogen and oxygen atoms in total. The summed E-state index contributed by atoms with van der Waals surface area (Å²) in [5.41, 5.74) is 0.799. The number of nitrogens with zero attached hydrogens (tertiary/aromatic N) is 4. The van der Waals surface area contributed by atoms with Crippen molar-refractivity contribution in [1.82, 2.24) is 19.9 Å². The van der Waals surface area contributed by atoms with Crippen molar-refractivity contribution in [2.24, 2.45) is 0 Å². The van der Waals surface area contributed by atoms with E-state index in [-0.39, 0.29) is 5.91 Å². The maximum atomic E-state index is 12.4. The van der Waals surface area contributed by atoms with Crippen LogP contribution in [0.2, 0.25) is 5.02 Å². The summed E-state index contributed by atoms with van der Waals surface area (Å²) in [4.78, 5) is 16.4. The molecule has 0 bridgehead atoms. The Morgan fingerprint density at radius 1 is 1.29 bits per heavy atom. The Bertz CT molecular complexity index is 946. The van der Waals surface area contributed by atoms with E-state index in [2.05, 4.69) is 20.5 Å². The molecule has 0 aliphatic heterocycles. The molecule has 0 spiro atoms. The minimum absolute atomic E-state index is 0.231. The molecule has 1 aromatic carbocycles. The SMILES string of the molecule is CCOc1ccc(-c2nnc(S[C@@H](C)C(=O)Nc3ccc(Cl)cn3)n2N)cc1. The topological polar surface area (TPSA) is 108 Å². The van der Waals surface area contributed by atoms with Crippen molar-refractivity contribution in [3.8, 4) is 17.1 Å². The van der Waals surface area contributed by atoms with Gasteiger partial charge in [0, 0.05) is 11.8 Å². The quantitative estimate of drug-likeness (QED) is 0.448. The zero-order valence-corrected chi connectivity index (χ0v) is 16.9.